The van der Waals surface area contributed by atoms with E-state index in [1.54, 1.807) is 6.92 Å². The van der Waals surface area contributed by atoms with Crippen molar-refractivity contribution in [1.82, 2.24) is 9.78 Å². The normalized spacial score (nSPS) is 13.7. The smallest absolute Gasteiger partial charge is 0.435 e. The summed E-state index contributed by atoms with van der Waals surface area (Å²) in [6.45, 7) is 2.78. The van der Waals surface area contributed by atoms with Crippen LogP contribution in [0, 0.1) is 6.92 Å². The number of thiophene rings is 1. The molecule has 31 heavy (non-hydrogen) atoms. The molecule has 0 spiro atoms. The summed E-state index contributed by atoms with van der Waals surface area (Å²) in [6, 6.07) is 0.957. The van der Waals surface area contributed by atoms with Gasteiger partial charge in [0.25, 0.3) is 0 Å². The van der Waals surface area contributed by atoms with E-state index in [1.807, 2.05) is 0 Å². The molecule has 1 N–H and O–H groups in total. The van der Waals surface area contributed by atoms with E-state index < -0.39 is 36.3 Å². The number of aromatic nitrogens is 2. The molecular weight excluding hydrogens is 439 g/mol. The largest absolute Gasteiger partial charge is 0.465 e. The summed E-state index contributed by atoms with van der Waals surface area (Å²) in [5.41, 5.74) is -0.454. The summed E-state index contributed by atoms with van der Waals surface area (Å²) in [5, 5.41) is 6.09. The van der Waals surface area contributed by atoms with Crippen molar-refractivity contribution in [1.29, 1.82) is 0 Å². The molecule has 12 heteroatoms. The van der Waals surface area contributed by atoms with E-state index in [1.165, 1.54) is 6.92 Å². The molecule has 0 bridgehead atoms. The Labute approximate surface area is 179 Å². The van der Waals surface area contributed by atoms with Crippen LogP contribution in [0.1, 0.15) is 62.7 Å². The highest BCUT2D eigenvalue weighted by molar-refractivity contribution is 7.18. The van der Waals surface area contributed by atoms with Gasteiger partial charge in [-0.15, -0.1) is 11.3 Å². The number of hydrogen-bond acceptors (Lipinski definition) is 7. The van der Waals surface area contributed by atoms with Crippen molar-refractivity contribution in [2.75, 3.05) is 19.0 Å². The van der Waals surface area contributed by atoms with Crippen LogP contribution in [0.5, 0.6) is 0 Å². The van der Waals surface area contributed by atoms with Crippen LogP contribution in [0.4, 0.5) is 18.2 Å². The molecule has 0 aromatic carbocycles. The van der Waals surface area contributed by atoms with Crippen LogP contribution in [0.15, 0.2) is 6.07 Å². The SMILES string of the molecule is CCOC(=O)c1sc(NC(=O)Cn2nc(C(F)(F)F)cc2C2CC2)c(C(=O)OC)c1C. The lowest BCUT2D eigenvalue weighted by molar-refractivity contribution is -0.141. The van der Waals surface area contributed by atoms with Gasteiger partial charge in [-0.2, -0.15) is 18.3 Å². The lowest BCUT2D eigenvalue weighted by Crippen LogP contribution is -2.22. The van der Waals surface area contributed by atoms with Crippen LogP contribution in [0.25, 0.3) is 0 Å². The number of carbonyl (C=O) groups is 3. The van der Waals surface area contributed by atoms with E-state index in [2.05, 4.69) is 10.4 Å². The van der Waals surface area contributed by atoms with Crippen molar-refractivity contribution in [3.05, 3.63) is 33.5 Å². The molecule has 0 aliphatic heterocycles. The van der Waals surface area contributed by atoms with Crippen LogP contribution in [0.3, 0.4) is 0 Å². The topological polar surface area (TPSA) is 99.5 Å². The molecule has 1 saturated carbocycles. The fourth-order valence-corrected chi connectivity index (χ4v) is 4.15. The van der Waals surface area contributed by atoms with E-state index in [0.717, 1.165) is 42.0 Å². The molecule has 0 atom stereocenters. The Balaban J connectivity index is 1.87. The summed E-state index contributed by atoms with van der Waals surface area (Å²) < 4.78 is 49.9. The molecule has 1 aliphatic rings. The Morgan fingerprint density at radius 2 is 1.97 bits per heavy atom. The Kier molecular flexibility index (Phi) is 6.39. The van der Waals surface area contributed by atoms with Crippen LogP contribution >= 0.6 is 11.3 Å². The summed E-state index contributed by atoms with van der Waals surface area (Å²) >= 11 is 0.832. The number of hydrogen-bond donors (Lipinski definition) is 1. The van der Waals surface area contributed by atoms with Crippen molar-refractivity contribution < 1.29 is 37.0 Å². The lowest BCUT2D eigenvalue weighted by atomic mass is 10.1. The van der Waals surface area contributed by atoms with Gasteiger partial charge in [0, 0.05) is 11.6 Å². The van der Waals surface area contributed by atoms with E-state index >= 15 is 0 Å². The first-order valence-corrected chi connectivity index (χ1v) is 10.2. The first-order chi connectivity index (χ1) is 14.6. The number of anilines is 1. The monoisotopic (exact) mass is 459 g/mol. The molecule has 2 aromatic heterocycles. The van der Waals surface area contributed by atoms with Crippen molar-refractivity contribution in [2.45, 2.75) is 45.3 Å². The number of nitrogens with zero attached hydrogens (tertiary/aromatic N) is 2. The average molecular weight is 459 g/mol. The van der Waals surface area contributed by atoms with Gasteiger partial charge in [-0.05, 0) is 38.3 Å². The number of carbonyl (C=O) groups excluding carboxylic acids is 3. The van der Waals surface area contributed by atoms with Crippen LogP contribution < -0.4 is 5.32 Å². The zero-order valence-corrected chi connectivity index (χ0v) is 17.8. The Bertz CT molecular complexity index is 1020. The second kappa shape index (κ2) is 8.69. The van der Waals surface area contributed by atoms with E-state index in [4.69, 9.17) is 9.47 Å². The highest BCUT2D eigenvalue weighted by atomic mass is 32.1. The summed E-state index contributed by atoms with van der Waals surface area (Å²) in [5.74, 6) is -2.19. The van der Waals surface area contributed by atoms with Gasteiger partial charge < -0.3 is 14.8 Å². The number of rotatable bonds is 7. The second-order valence-electron chi connectivity index (χ2n) is 6.90. The maximum atomic E-state index is 13.0. The Morgan fingerprint density at radius 3 is 2.52 bits per heavy atom. The molecule has 1 fully saturated rings. The van der Waals surface area contributed by atoms with Gasteiger partial charge in [-0.1, -0.05) is 0 Å². The Hall–Kier alpha value is -2.89. The van der Waals surface area contributed by atoms with Crippen molar-refractivity contribution in [2.24, 2.45) is 0 Å². The van der Waals surface area contributed by atoms with Crippen molar-refractivity contribution in [3.63, 3.8) is 0 Å². The number of methoxy groups -OCH3 is 1. The number of nitrogens with one attached hydrogen (secondary N) is 1. The van der Waals surface area contributed by atoms with Crippen molar-refractivity contribution in [3.8, 4) is 0 Å². The van der Waals surface area contributed by atoms with Gasteiger partial charge in [0.2, 0.25) is 5.91 Å². The minimum atomic E-state index is -4.62. The molecule has 168 valence electrons. The number of alkyl halides is 3. The first-order valence-electron chi connectivity index (χ1n) is 9.40. The second-order valence-corrected chi connectivity index (χ2v) is 7.93. The molecule has 0 radical (unpaired) electrons. The van der Waals surface area contributed by atoms with Gasteiger partial charge in [-0.3, -0.25) is 9.48 Å². The van der Waals surface area contributed by atoms with Gasteiger partial charge >= 0.3 is 18.1 Å². The van der Waals surface area contributed by atoms with Gasteiger partial charge in [0.15, 0.2) is 5.69 Å². The fourth-order valence-electron chi connectivity index (χ4n) is 3.05. The average Bonchev–Trinajstić information content (AvgIpc) is 3.36. The third kappa shape index (κ3) is 4.89. The number of ether oxygens (including phenoxy) is 2. The first kappa shape index (κ1) is 22.8. The summed E-state index contributed by atoms with van der Waals surface area (Å²) in [7, 11) is 1.15. The maximum absolute atomic E-state index is 13.0. The molecule has 2 heterocycles. The number of esters is 2. The molecular formula is C19H20F3N3O5S. The lowest BCUT2D eigenvalue weighted by Gasteiger charge is -2.08. The van der Waals surface area contributed by atoms with E-state index in [0.29, 0.717) is 5.69 Å². The van der Waals surface area contributed by atoms with Crippen LogP contribution in [0.2, 0.25) is 0 Å². The predicted octanol–water partition coefficient (Wildman–Crippen LogP) is 3.75. The Morgan fingerprint density at radius 1 is 1.29 bits per heavy atom. The molecule has 1 amide bonds. The highest BCUT2D eigenvalue weighted by Crippen LogP contribution is 2.42. The third-order valence-electron chi connectivity index (χ3n) is 4.64. The molecule has 0 saturated heterocycles. The third-order valence-corrected chi connectivity index (χ3v) is 5.83. The highest BCUT2D eigenvalue weighted by Gasteiger charge is 2.38. The summed E-state index contributed by atoms with van der Waals surface area (Å²) in [4.78, 5) is 37.1. The summed E-state index contributed by atoms with van der Waals surface area (Å²) in [6.07, 6.45) is -3.17. The zero-order chi connectivity index (χ0) is 22.9. The molecule has 3 rings (SSSR count). The molecule has 8 nitrogen and oxygen atoms in total. The van der Waals surface area contributed by atoms with Crippen molar-refractivity contribution >= 4 is 34.2 Å². The zero-order valence-electron chi connectivity index (χ0n) is 17.0. The molecule has 2 aromatic rings. The predicted molar refractivity (Wildman–Crippen MR) is 104 cm³/mol. The minimum absolute atomic E-state index is 0.0113. The standard InChI is InChI=1S/C19H20F3N3O5S/c1-4-30-18(28)15-9(2)14(17(27)29-3)16(31-15)23-13(26)8-25-11(10-5-6-10)7-12(24-25)19(20,21)22/h7,10H,4-6,8H2,1-3H3,(H,23,26). The van der Waals surface area contributed by atoms with Gasteiger partial charge in [0.05, 0.1) is 19.3 Å². The van der Waals surface area contributed by atoms with E-state index in [-0.39, 0.29) is 33.5 Å². The van der Waals surface area contributed by atoms with Crippen LogP contribution in [-0.2, 0) is 27.0 Å². The molecule has 0 unspecified atom stereocenters. The quantitative estimate of drug-likeness (QED) is 0.633. The van der Waals surface area contributed by atoms with Gasteiger partial charge in [-0.25, -0.2) is 9.59 Å². The maximum Gasteiger partial charge on any atom is 0.435 e. The number of halogens is 3. The molecule has 1 aliphatic carbocycles. The van der Waals surface area contributed by atoms with Crippen LogP contribution in [-0.4, -0.2) is 41.3 Å². The number of amides is 1. The fraction of sp³-hybridized carbons (Fsp3) is 0.474. The minimum Gasteiger partial charge on any atom is -0.465 e. The van der Waals surface area contributed by atoms with E-state index in [9.17, 15) is 27.6 Å². The van der Waals surface area contributed by atoms with Gasteiger partial charge in [0.1, 0.15) is 16.4 Å².